The quantitative estimate of drug-likeness (QED) is 0.751. The zero-order valence-corrected chi connectivity index (χ0v) is 11.5. The number of carbonyl (C=O) groups is 1. The highest BCUT2D eigenvalue weighted by Crippen LogP contribution is 2.44. The zero-order chi connectivity index (χ0) is 13.2. The molecule has 3 N–H and O–H groups in total. The monoisotopic (exact) mass is 313 g/mol. The fourth-order valence-corrected chi connectivity index (χ4v) is 2.37. The summed E-state index contributed by atoms with van der Waals surface area (Å²) in [7, 11) is 0. The molecule has 0 radical (unpaired) electrons. The molecule has 0 bridgehead atoms. The number of carboxylic acid groups (broad SMARTS) is 1. The molecule has 0 unspecified atom stereocenters. The molecule has 1 fully saturated rings. The molecule has 0 saturated heterocycles. The van der Waals surface area contributed by atoms with Crippen LogP contribution in [-0.2, 0) is 6.54 Å². The Hall–Kier alpha value is -0.910. The summed E-state index contributed by atoms with van der Waals surface area (Å²) in [6.45, 7) is 1.71. The molecule has 1 aromatic rings. The van der Waals surface area contributed by atoms with E-state index in [0.717, 1.165) is 29.4 Å². The molecule has 0 amide bonds. The molecule has 1 saturated carbocycles. The van der Waals surface area contributed by atoms with Gasteiger partial charge in [-0.25, -0.2) is 4.79 Å². The van der Waals surface area contributed by atoms with E-state index in [4.69, 9.17) is 5.11 Å². The zero-order valence-electron chi connectivity index (χ0n) is 9.95. The Kier molecular flexibility index (Phi) is 4.04. The van der Waals surface area contributed by atoms with E-state index >= 15 is 0 Å². The third-order valence-corrected chi connectivity index (χ3v) is 4.15. The van der Waals surface area contributed by atoms with Crippen LogP contribution < -0.4 is 5.32 Å². The van der Waals surface area contributed by atoms with E-state index in [2.05, 4.69) is 21.2 Å². The summed E-state index contributed by atoms with van der Waals surface area (Å²) in [6.07, 6.45) is 2.16. The van der Waals surface area contributed by atoms with E-state index in [-0.39, 0.29) is 17.6 Å². The minimum Gasteiger partial charge on any atom is -0.478 e. The molecule has 2 rings (SSSR count). The van der Waals surface area contributed by atoms with E-state index in [9.17, 15) is 9.90 Å². The highest BCUT2D eigenvalue weighted by atomic mass is 79.9. The Morgan fingerprint density at radius 2 is 2.17 bits per heavy atom. The van der Waals surface area contributed by atoms with Crippen molar-refractivity contribution in [1.29, 1.82) is 0 Å². The van der Waals surface area contributed by atoms with E-state index in [1.807, 2.05) is 0 Å². The maximum absolute atomic E-state index is 10.8. The number of halogens is 1. The van der Waals surface area contributed by atoms with Crippen molar-refractivity contribution in [1.82, 2.24) is 5.32 Å². The normalized spacial score (nSPS) is 16.6. The lowest BCUT2D eigenvalue weighted by atomic mass is 10.1. The fraction of sp³-hybridized carbons (Fsp3) is 0.462. The van der Waals surface area contributed by atoms with Gasteiger partial charge in [-0.2, -0.15) is 0 Å². The summed E-state index contributed by atoms with van der Waals surface area (Å²) < 4.78 is 0.795. The van der Waals surface area contributed by atoms with Gasteiger partial charge in [0.2, 0.25) is 0 Å². The van der Waals surface area contributed by atoms with Crippen molar-refractivity contribution in [2.75, 3.05) is 13.2 Å². The molecule has 5 heteroatoms. The number of benzene rings is 1. The number of nitrogens with one attached hydrogen (secondary N) is 1. The molecule has 1 aliphatic rings. The predicted molar refractivity (Wildman–Crippen MR) is 71.6 cm³/mol. The maximum Gasteiger partial charge on any atom is 0.335 e. The van der Waals surface area contributed by atoms with Crippen LogP contribution in [0.5, 0.6) is 0 Å². The number of carboxylic acids is 1. The van der Waals surface area contributed by atoms with Crippen LogP contribution >= 0.6 is 15.9 Å². The first-order valence-corrected chi connectivity index (χ1v) is 6.69. The van der Waals surface area contributed by atoms with Gasteiger partial charge in [-0.05, 0) is 30.5 Å². The van der Waals surface area contributed by atoms with Crippen molar-refractivity contribution >= 4 is 21.9 Å². The van der Waals surface area contributed by atoms with E-state index in [0.29, 0.717) is 6.54 Å². The van der Waals surface area contributed by atoms with E-state index < -0.39 is 5.97 Å². The molecule has 0 heterocycles. The highest BCUT2D eigenvalue weighted by Gasteiger charge is 2.41. The van der Waals surface area contributed by atoms with Gasteiger partial charge in [-0.3, -0.25) is 0 Å². The summed E-state index contributed by atoms with van der Waals surface area (Å²) in [4.78, 5) is 10.8. The minimum absolute atomic E-state index is 0.0908. The molecule has 4 nitrogen and oxygen atoms in total. The number of rotatable bonds is 6. The van der Waals surface area contributed by atoms with Crippen LogP contribution in [0.15, 0.2) is 22.7 Å². The standard InChI is InChI=1S/C13H16BrNO3/c14-11-5-9(12(17)18)1-2-10(11)6-15-7-13(8-16)3-4-13/h1-2,5,15-16H,3-4,6-8H2,(H,17,18). The second-order valence-corrected chi connectivity index (χ2v) is 5.73. The lowest BCUT2D eigenvalue weighted by molar-refractivity contribution is 0.0697. The number of hydrogen-bond acceptors (Lipinski definition) is 3. The second kappa shape index (κ2) is 5.38. The summed E-state index contributed by atoms with van der Waals surface area (Å²) in [6, 6.07) is 5.01. The first-order valence-electron chi connectivity index (χ1n) is 5.90. The molecule has 18 heavy (non-hydrogen) atoms. The van der Waals surface area contributed by atoms with Gasteiger partial charge in [0.05, 0.1) is 5.56 Å². The van der Waals surface area contributed by atoms with Crippen molar-refractivity contribution in [3.05, 3.63) is 33.8 Å². The second-order valence-electron chi connectivity index (χ2n) is 4.87. The van der Waals surface area contributed by atoms with Crippen LogP contribution in [0, 0.1) is 5.41 Å². The van der Waals surface area contributed by atoms with Gasteiger partial charge in [0, 0.05) is 29.6 Å². The Labute approximate surface area is 114 Å². The molecule has 0 aromatic heterocycles. The minimum atomic E-state index is -0.924. The van der Waals surface area contributed by atoms with Crippen molar-refractivity contribution in [3.8, 4) is 0 Å². The van der Waals surface area contributed by atoms with Crippen molar-refractivity contribution in [3.63, 3.8) is 0 Å². The summed E-state index contributed by atoms with van der Waals surface area (Å²) >= 11 is 3.38. The number of aliphatic hydroxyl groups excluding tert-OH is 1. The Balaban J connectivity index is 1.91. The van der Waals surface area contributed by atoms with E-state index in [1.54, 1.807) is 18.2 Å². The molecule has 1 aliphatic carbocycles. The smallest absolute Gasteiger partial charge is 0.335 e. The molecular formula is C13H16BrNO3. The first-order chi connectivity index (χ1) is 8.56. The van der Waals surface area contributed by atoms with Gasteiger partial charge < -0.3 is 15.5 Å². The van der Waals surface area contributed by atoms with Gasteiger partial charge in [-0.1, -0.05) is 22.0 Å². The Morgan fingerprint density at radius 1 is 1.44 bits per heavy atom. The third kappa shape index (κ3) is 3.10. The SMILES string of the molecule is O=C(O)c1ccc(CNCC2(CO)CC2)c(Br)c1. The topological polar surface area (TPSA) is 69.6 Å². The van der Waals surface area contributed by atoms with Crippen LogP contribution in [0.1, 0.15) is 28.8 Å². The van der Waals surface area contributed by atoms with Gasteiger partial charge in [0.25, 0.3) is 0 Å². The van der Waals surface area contributed by atoms with Gasteiger partial charge in [0.15, 0.2) is 0 Å². The van der Waals surface area contributed by atoms with Crippen molar-refractivity contribution in [2.45, 2.75) is 19.4 Å². The molecule has 0 atom stereocenters. The van der Waals surface area contributed by atoms with Crippen molar-refractivity contribution in [2.24, 2.45) is 5.41 Å². The molecule has 98 valence electrons. The summed E-state index contributed by atoms with van der Waals surface area (Å²) in [5.41, 5.74) is 1.39. The summed E-state index contributed by atoms with van der Waals surface area (Å²) in [5, 5.41) is 21.4. The van der Waals surface area contributed by atoms with Crippen LogP contribution in [-0.4, -0.2) is 29.3 Å². The average molecular weight is 314 g/mol. The number of aromatic carboxylic acids is 1. The lowest BCUT2D eigenvalue weighted by Gasteiger charge is -2.13. The fourth-order valence-electron chi connectivity index (χ4n) is 1.85. The maximum atomic E-state index is 10.8. The van der Waals surface area contributed by atoms with Crippen LogP contribution in [0.2, 0.25) is 0 Å². The number of hydrogen-bond donors (Lipinski definition) is 3. The van der Waals surface area contributed by atoms with Crippen LogP contribution in [0.3, 0.4) is 0 Å². The largest absolute Gasteiger partial charge is 0.478 e. The van der Waals surface area contributed by atoms with Crippen molar-refractivity contribution < 1.29 is 15.0 Å². The number of aliphatic hydroxyl groups is 1. The molecule has 0 aliphatic heterocycles. The molecule has 1 aromatic carbocycles. The summed E-state index contributed by atoms with van der Waals surface area (Å²) in [5.74, 6) is -0.924. The van der Waals surface area contributed by atoms with Gasteiger partial charge in [0.1, 0.15) is 0 Å². The third-order valence-electron chi connectivity index (χ3n) is 3.41. The van der Waals surface area contributed by atoms with Gasteiger partial charge in [-0.15, -0.1) is 0 Å². The molecular weight excluding hydrogens is 298 g/mol. The predicted octanol–water partition coefficient (Wildman–Crippen LogP) is 2.01. The Bertz CT molecular complexity index is 458. The van der Waals surface area contributed by atoms with E-state index in [1.165, 1.54) is 0 Å². The molecule has 0 spiro atoms. The highest BCUT2D eigenvalue weighted by molar-refractivity contribution is 9.10. The Morgan fingerprint density at radius 3 is 2.67 bits per heavy atom. The van der Waals surface area contributed by atoms with Gasteiger partial charge >= 0.3 is 5.97 Å². The van der Waals surface area contributed by atoms with Crippen LogP contribution in [0.25, 0.3) is 0 Å². The first kappa shape index (κ1) is 13.5. The lowest BCUT2D eigenvalue weighted by Crippen LogP contribution is -2.26. The van der Waals surface area contributed by atoms with Crippen LogP contribution in [0.4, 0.5) is 0 Å². The average Bonchev–Trinajstić information content (AvgIpc) is 3.11.